The lowest BCUT2D eigenvalue weighted by Crippen LogP contribution is -2.40. The van der Waals surface area contributed by atoms with Gasteiger partial charge in [0.25, 0.3) is 0 Å². The van der Waals surface area contributed by atoms with E-state index in [1.54, 1.807) is 0 Å². The molecule has 0 aromatic heterocycles. The molecule has 1 aliphatic rings. The van der Waals surface area contributed by atoms with Crippen molar-refractivity contribution in [2.45, 2.75) is 90.0 Å². The number of carboxylic acids is 1. The maximum Gasteiger partial charge on any atom is 0.410 e. The number of hydrogen-bond donors (Lipinski definition) is 1. The molecule has 0 spiro atoms. The van der Waals surface area contributed by atoms with E-state index in [1.165, 1.54) is 56.3 Å². The molecule has 1 amide bonds. The Kier molecular flexibility index (Phi) is 10.5. The van der Waals surface area contributed by atoms with E-state index in [2.05, 4.69) is 6.92 Å². The average Bonchev–Trinajstić information content (AvgIpc) is 3.02. The molecule has 1 saturated heterocycles. The van der Waals surface area contributed by atoms with Gasteiger partial charge in [0, 0.05) is 6.54 Å². The molecule has 0 aliphatic carbocycles. The van der Waals surface area contributed by atoms with Gasteiger partial charge >= 0.3 is 12.1 Å². The number of carbonyl (C=O) groups is 2. The van der Waals surface area contributed by atoms with Crippen molar-refractivity contribution in [1.82, 2.24) is 4.90 Å². The van der Waals surface area contributed by atoms with Gasteiger partial charge in [-0.3, -0.25) is 4.90 Å². The minimum absolute atomic E-state index is 0.401. The zero-order valence-corrected chi connectivity index (χ0v) is 14.6. The van der Waals surface area contributed by atoms with Crippen LogP contribution in [0.5, 0.6) is 0 Å². The summed E-state index contributed by atoms with van der Waals surface area (Å²) in [5.74, 6) is -0.932. The lowest BCUT2D eigenvalue weighted by molar-refractivity contribution is -0.141. The van der Waals surface area contributed by atoms with Gasteiger partial charge in [0.1, 0.15) is 6.04 Å². The normalized spacial score (nSPS) is 17.4. The molecular weight excluding hydrogens is 294 g/mol. The van der Waals surface area contributed by atoms with E-state index in [9.17, 15) is 9.59 Å². The highest BCUT2D eigenvalue weighted by Gasteiger charge is 2.34. The Morgan fingerprint density at radius 2 is 1.57 bits per heavy atom. The average molecular weight is 327 g/mol. The first-order valence-electron chi connectivity index (χ1n) is 9.33. The number of rotatable bonds is 12. The van der Waals surface area contributed by atoms with Crippen molar-refractivity contribution in [3.05, 3.63) is 0 Å². The molecule has 1 aliphatic heterocycles. The van der Waals surface area contributed by atoms with Gasteiger partial charge in [-0.05, 0) is 19.3 Å². The van der Waals surface area contributed by atoms with E-state index in [0.717, 1.165) is 19.3 Å². The molecule has 1 N–H and O–H groups in total. The lowest BCUT2D eigenvalue weighted by atomic mass is 10.1. The van der Waals surface area contributed by atoms with Gasteiger partial charge in [-0.25, -0.2) is 9.59 Å². The van der Waals surface area contributed by atoms with Crippen molar-refractivity contribution < 1.29 is 19.4 Å². The summed E-state index contributed by atoms with van der Waals surface area (Å²) in [6, 6.07) is -0.699. The standard InChI is InChI=1S/C18H33NO4/c1-2-3-4-5-6-7-8-9-10-11-15-23-18(22)19-14-12-13-16(19)17(20)21/h16H,2-15H2,1H3,(H,20,21)/t16-/m1/s1. The predicted molar refractivity (Wildman–Crippen MR) is 90.6 cm³/mol. The fourth-order valence-corrected chi connectivity index (χ4v) is 3.07. The van der Waals surface area contributed by atoms with E-state index < -0.39 is 18.1 Å². The topological polar surface area (TPSA) is 66.8 Å². The van der Waals surface area contributed by atoms with Crippen LogP contribution < -0.4 is 0 Å². The Bertz CT molecular complexity index is 346. The number of aliphatic carboxylic acids is 1. The van der Waals surface area contributed by atoms with Gasteiger partial charge in [0.2, 0.25) is 0 Å². The molecule has 0 saturated carbocycles. The first-order chi connectivity index (χ1) is 11.2. The Morgan fingerprint density at radius 1 is 1.00 bits per heavy atom. The van der Waals surface area contributed by atoms with Crippen LogP contribution in [0.4, 0.5) is 4.79 Å². The molecule has 0 radical (unpaired) electrons. The monoisotopic (exact) mass is 327 g/mol. The Morgan fingerprint density at radius 3 is 2.13 bits per heavy atom. The van der Waals surface area contributed by atoms with Gasteiger partial charge in [0.15, 0.2) is 0 Å². The van der Waals surface area contributed by atoms with E-state index >= 15 is 0 Å². The molecule has 23 heavy (non-hydrogen) atoms. The lowest BCUT2D eigenvalue weighted by Gasteiger charge is -2.20. The summed E-state index contributed by atoms with van der Waals surface area (Å²) < 4.78 is 5.20. The summed E-state index contributed by atoms with van der Waals surface area (Å²) in [5.41, 5.74) is 0. The summed E-state index contributed by atoms with van der Waals surface area (Å²) in [6.07, 6.45) is 13.2. The SMILES string of the molecule is CCCCCCCCCCCCOC(=O)N1CCC[C@@H]1C(=O)O. The molecule has 1 fully saturated rings. The minimum Gasteiger partial charge on any atom is -0.480 e. The molecule has 1 atom stereocenters. The summed E-state index contributed by atoms with van der Waals surface area (Å²) in [5, 5.41) is 9.04. The smallest absolute Gasteiger partial charge is 0.410 e. The van der Waals surface area contributed by atoms with Crippen LogP contribution >= 0.6 is 0 Å². The zero-order valence-electron chi connectivity index (χ0n) is 14.6. The first kappa shape index (κ1) is 19.8. The highest BCUT2D eigenvalue weighted by Crippen LogP contribution is 2.18. The van der Waals surface area contributed by atoms with Gasteiger partial charge in [-0.2, -0.15) is 0 Å². The van der Waals surface area contributed by atoms with Crippen LogP contribution in [0.3, 0.4) is 0 Å². The van der Waals surface area contributed by atoms with Crippen LogP contribution in [0.1, 0.15) is 84.0 Å². The quantitative estimate of drug-likeness (QED) is 0.532. The summed E-state index contributed by atoms with van der Waals surface area (Å²) >= 11 is 0. The number of hydrogen-bond acceptors (Lipinski definition) is 3. The first-order valence-corrected chi connectivity index (χ1v) is 9.33. The molecule has 1 heterocycles. The number of nitrogens with zero attached hydrogens (tertiary/aromatic N) is 1. The van der Waals surface area contributed by atoms with E-state index in [-0.39, 0.29) is 0 Å². The third-order valence-corrected chi connectivity index (χ3v) is 4.50. The van der Waals surface area contributed by atoms with Crippen molar-refractivity contribution in [1.29, 1.82) is 0 Å². The number of carbonyl (C=O) groups excluding carboxylic acids is 1. The van der Waals surface area contributed by atoms with Crippen LogP contribution in [-0.2, 0) is 9.53 Å². The maximum atomic E-state index is 11.9. The molecular formula is C18H33NO4. The zero-order chi connectivity index (χ0) is 16.9. The van der Waals surface area contributed by atoms with Gasteiger partial charge in [-0.15, -0.1) is 0 Å². The summed E-state index contributed by atoms with van der Waals surface area (Å²) in [4.78, 5) is 24.2. The summed E-state index contributed by atoms with van der Waals surface area (Å²) in [7, 11) is 0. The molecule has 0 aromatic rings. The second-order valence-corrected chi connectivity index (χ2v) is 6.49. The highest BCUT2D eigenvalue weighted by atomic mass is 16.6. The molecule has 5 heteroatoms. The number of carboxylic acid groups (broad SMARTS) is 1. The van der Waals surface area contributed by atoms with Crippen LogP contribution in [0.15, 0.2) is 0 Å². The fourth-order valence-electron chi connectivity index (χ4n) is 3.07. The van der Waals surface area contributed by atoms with Crippen molar-refractivity contribution in [2.24, 2.45) is 0 Å². The van der Waals surface area contributed by atoms with E-state index in [4.69, 9.17) is 9.84 Å². The highest BCUT2D eigenvalue weighted by molar-refractivity contribution is 5.80. The van der Waals surface area contributed by atoms with Crippen LogP contribution in [0, 0.1) is 0 Å². The predicted octanol–water partition coefficient (Wildman–Crippen LogP) is 4.59. The maximum absolute atomic E-state index is 11.9. The third kappa shape index (κ3) is 8.24. The number of likely N-dealkylation sites (tertiary alicyclic amines) is 1. The van der Waals surface area contributed by atoms with Gasteiger partial charge in [0.05, 0.1) is 6.61 Å². The van der Waals surface area contributed by atoms with Crippen molar-refractivity contribution in [3.63, 3.8) is 0 Å². The van der Waals surface area contributed by atoms with E-state index in [0.29, 0.717) is 19.6 Å². The van der Waals surface area contributed by atoms with Crippen LogP contribution in [0.2, 0.25) is 0 Å². The third-order valence-electron chi connectivity index (χ3n) is 4.50. The Hall–Kier alpha value is -1.26. The van der Waals surface area contributed by atoms with Crippen molar-refractivity contribution in [2.75, 3.05) is 13.2 Å². The second kappa shape index (κ2) is 12.2. The fraction of sp³-hybridized carbons (Fsp3) is 0.889. The molecule has 0 unspecified atom stereocenters. The molecule has 0 aromatic carbocycles. The van der Waals surface area contributed by atoms with Crippen molar-refractivity contribution in [3.8, 4) is 0 Å². The molecule has 134 valence electrons. The minimum atomic E-state index is -0.932. The van der Waals surface area contributed by atoms with Gasteiger partial charge in [-0.1, -0.05) is 64.7 Å². The number of ether oxygens (including phenoxy) is 1. The Balaban J connectivity index is 1.94. The van der Waals surface area contributed by atoms with Crippen LogP contribution in [0.25, 0.3) is 0 Å². The van der Waals surface area contributed by atoms with Crippen LogP contribution in [-0.4, -0.2) is 41.3 Å². The molecule has 1 rings (SSSR count). The van der Waals surface area contributed by atoms with Gasteiger partial charge < -0.3 is 9.84 Å². The molecule has 5 nitrogen and oxygen atoms in total. The van der Waals surface area contributed by atoms with E-state index in [1.807, 2.05) is 0 Å². The Labute approximate surface area is 140 Å². The van der Waals surface area contributed by atoms with Crippen molar-refractivity contribution >= 4 is 12.1 Å². The number of unbranched alkanes of at least 4 members (excludes halogenated alkanes) is 9. The molecule has 0 bridgehead atoms. The number of amides is 1. The summed E-state index contributed by atoms with van der Waals surface area (Å²) in [6.45, 7) is 3.13. The second-order valence-electron chi connectivity index (χ2n) is 6.49. The largest absolute Gasteiger partial charge is 0.480 e.